The van der Waals surface area contributed by atoms with Crippen molar-refractivity contribution in [3.05, 3.63) is 40.1 Å². The number of hydrogen-bond acceptors (Lipinski definition) is 4. The maximum Gasteiger partial charge on any atom is 0.148 e. The van der Waals surface area contributed by atoms with Gasteiger partial charge in [0, 0.05) is 18.7 Å². The summed E-state index contributed by atoms with van der Waals surface area (Å²) in [6, 6.07) is 3.77. The lowest BCUT2D eigenvalue weighted by Gasteiger charge is -2.10. The van der Waals surface area contributed by atoms with Gasteiger partial charge < -0.3 is 10.6 Å². The van der Waals surface area contributed by atoms with Crippen LogP contribution in [0.15, 0.2) is 22.7 Å². The first-order valence-electron chi connectivity index (χ1n) is 6.00. The summed E-state index contributed by atoms with van der Waals surface area (Å²) in [5.41, 5.74) is 0.0197. The standard InChI is InChI=1S/C13H13BrF2N4/c1-3-17-12-6-13(19-7(2)18-12)20-11-5-9(15)8(14)4-10(11)16/h4-6H,3H2,1-2H3,(H2,17,18,19,20). The topological polar surface area (TPSA) is 49.8 Å². The predicted molar refractivity (Wildman–Crippen MR) is 78.3 cm³/mol. The quantitative estimate of drug-likeness (QED) is 0.824. The SMILES string of the molecule is CCNc1cc(Nc2cc(F)c(Br)cc2F)nc(C)n1. The van der Waals surface area contributed by atoms with Gasteiger partial charge in [0.25, 0.3) is 0 Å². The van der Waals surface area contributed by atoms with E-state index in [1.165, 1.54) is 0 Å². The van der Waals surface area contributed by atoms with Crippen LogP contribution in [0.4, 0.5) is 26.1 Å². The lowest BCUT2D eigenvalue weighted by molar-refractivity contribution is 0.597. The summed E-state index contributed by atoms with van der Waals surface area (Å²) in [5, 5.41) is 5.80. The molecule has 1 heterocycles. The Hall–Kier alpha value is -1.76. The second-order valence-electron chi connectivity index (χ2n) is 4.09. The molecular formula is C13H13BrF2N4. The smallest absolute Gasteiger partial charge is 0.148 e. The summed E-state index contributed by atoms with van der Waals surface area (Å²) in [6.45, 7) is 4.37. The fraction of sp³-hybridized carbons (Fsp3) is 0.231. The molecule has 7 heteroatoms. The van der Waals surface area contributed by atoms with Crippen LogP contribution in [0.1, 0.15) is 12.7 Å². The molecule has 0 amide bonds. The van der Waals surface area contributed by atoms with Gasteiger partial charge in [0.05, 0.1) is 10.2 Å². The van der Waals surface area contributed by atoms with Crippen molar-refractivity contribution in [2.75, 3.05) is 17.2 Å². The molecular weight excluding hydrogens is 330 g/mol. The zero-order valence-corrected chi connectivity index (χ0v) is 12.6. The van der Waals surface area contributed by atoms with E-state index in [0.29, 0.717) is 24.0 Å². The first-order chi connectivity index (χ1) is 9.49. The van der Waals surface area contributed by atoms with Gasteiger partial charge in [-0.05, 0) is 35.8 Å². The molecule has 2 rings (SSSR count). The van der Waals surface area contributed by atoms with E-state index in [0.717, 1.165) is 12.1 Å². The minimum atomic E-state index is -0.570. The third kappa shape index (κ3) is 3.41. The van der Waals surface area contributed by atoms with Crippen molar-refractivity contribution in [1.29, 1.82) is 0 Å². The molecule has 0 radical (unpaired) electrons. The van der Waals surface area contributed by atoms with Gasteiger partial charge in [-0.15, -0.1) is 0 Å². The molecule has 0 aliphatic rings. The van der Waals surface area contributed by atoms with E-state index in [-0.39, 0.29) is 10.2 Å². The Bertz CT molecular complexity index is 634. The molecule has 106 valence electrons. The maximum absolute atomic E-state index is 13.7. The molecule has 20 heavy (non-hydrogen) atoms. The molecule has 0 saturated heterocycles. The van der Waals surface area contributed by atoms with Gasteiger partial charge in [-0.2, -0.15) is 0 Å². The molecule has 4 nitrogen and oxygen atoms in total. The molecule has 2 N–H and O–H groups in total. The van der Waals surface area contributed by atoms with E-state index in [1.54, 1.807) is 13.0 Å². The molecule has 0 atom stereocenters. The molecule has 0 aliphatic heterocycles. The molecule has 0 spiro atoms. The van der Waals surface area contributed by atoms with Crippen LogP contribution < -0.4 is 10.6 Å². The fourth-order valence-corrected chi connectivity index (χ4v) is 1.98. The van der Waals surface area contributed by atoms with Gasteiger partial charge >= 0.3 is 0 Å². The highest BCUT2D eigenvalue weighted by atomic mass is 79.9. The number of benzene rings is 1. The van der Waals surface area contributed by atoms with Crippen LogP contribution in [0.5, 0.6) is 0 Å². The Morgan fingerprint density at radius 2 is 1.80 bits per heavy atom. The van der Waals surface area contributed by atoms with Crippen LogP contribution in [0.25, 0.3) is 0 Å². The van der Waals surface area contributed by atoms with Crippen LogP contribution in [0.3, 0.4) is 0 Å². The van der Waals surface area contributed by atoms with Gasteiger partial charge in [-0.3, -0.25) is 0 Å². The number of aromatic nitrogens is 2. The molecule has 0 aliphatic carbocycles. The van der Waals surface area contributed by atoms with Crippen molar-refractivity contribution in [3.8, 4) is 0 Å². The van der Waals surface area contributed by atoms with Gasteiger partial charge in [-0.1, -0.05) is 0 Å². The second-order valence-corrected chi connectivity index (χ2v) is 4.94. The van der Waals surface area contributed by atoms with Crippen LogP contribution in [-0.4, -0.2) is 16.5 Å². The van der Waals surface area contributed by atoms with E-state index in [9.17, 15) is 8.78 Å². The van der Waals surface area contributed by atoms with E-state index < -0.39 is 11.6 Å². The molecule has 0 saturated carbocycles. The van der Waals surface area contributed by atoms with Gasteiger partial charge in [0.1, 0.15) is 29.1 Å². The number of aryl methyl sites for hydroxylation is 1. The molecule has 0 fully saturated rings. The number of halogens is 3. The highest BCUT2D eigenvalue weighted by Gasteiger charge is 2.10. The summed E-state index contributed by atoms with van der Waals surface area (Å²) < 4.78 is 27.3. The average Bonchev–Trinajstić information content (AvgIpc) is 2.35. The number of nitrogens with zero attached hydrogens (tertiary/aromatic N) is 2. The van der Waals surface area contributed by atoms with Gasteiger partial charge in [0.2, 0.25) is 0 Å². The van der Waals surface area contributed by atoms with Crippen molar-refractivity contribution < 1.29 is 8.78 Å². The van der Waals surface area contributed by atoms with Crippen molar-refractivity contribution in [3.63, 3.8) is 0 Å². The average molecular weight is 343 g/mol. The first kappa shape index (κ1) is 14.6. The zero-order valence-electron chi connectivity index (χ0n) is 11.0. The summed E-state index contributed by atoms with van der Waals surface area (Å²) >= 11 is 2.93. The number of anilines is 3. The Morgan fingerprint density at radius 1 is 1.10 bits per heavy atom. The third-order valence-electron chi connectivity index (χ3n) is 2.47. The van der Waals surface area contributed by atoms with Crippen molar-refractivity contribution in [1.82, 2.24) is 9.97 Å². The molecule has 0 bridgehead atoms. The van der Waals surface area contributed by atoms with Crippen LogP contribution in [-0.2, 0) is 0 Å². The summed E-state index contributed by atoms with van der Waals surface area (Å²) in [6.07, 6.45) is 0. The monoisotopic (exact) mass is 342 g/mol. The van der Waals surface area contributed by atoms with Gasteiger partial charge in [0.15, 0.2) is 0 Å². The number of hydrogen-bond donors (Lipinski definition) is 2. The van der Waals surface area contributed by atoms with E-state index in [4.69, 9.17) is 0 Å². The van der Waals surface area contributed by atoms with Crippen molar-refractivity contribution in [2.24, 2.45) is 0 Å². The van der Waals surface area contributed by atoms with Crippen molar-refractivity contribution in [2.45, 2.75) is 13.8 Å². The van der Waals surface area contributed by atoms with E-state index in [2.05, 4.69) is 36.5 Å². The summed E-state index contributed by atoms with van der Waals surface area (Å²) in [7, 11) is 0. The van der Waals surface area contributed by atoms with Crippen molar-refractivity contribution >= 4 is 33.3 Å². The Balaban J connectivity index is 2.32. The maximum atomic E-state index is 13.7. The Kier molecular flexibility index (Phi) is 4.49. The largest absolute Gasteiger partial charge is 0.370 e. The Morgan fingerprint density at radius 3 is 2.50 bits per heavy atom. The summed E-state index contributed by atoms with van der Waals surface area (Å²) in [4.78, 5) is 8.32. The van der Waals surface area contributed by atoms with E-state index >= 15 is 0 Å². The minimum Gasteiger partial charge on any atom is -0.370 e. The fourth-order valence-electron chi connectivity index (χ4n) is 1.66. The van der Waals surface area contributed by atoms with E-state index in [1.807, 2.05) is 6.92 Å². The third-order valence-corrected chi connectivity index (χ3v) is 3.08. The molecule has 0 unspecified atom stereocenters. The lowest BCUT2D eigenvalue weighted by atomic mass is 10.3. The normalized spacial score (nSPS) is 10.4. The molecule has 1 aromatic carbocycles. The second kappa shape index (κ2) is 6.13. The first-order valence-corrected chi connectivity index (χ1v) is 6.80. The highest BCUT2D eigenvalue weighted by molar-refractivity contribution is 9.10. The highest BCUT2D eigenvalue weighted by Crippen LogP contribution is 2.26. The molecule has 2 aromatic rings. The lowest BCUT2D eigenvalue weighted by Crippen LogP contribution is -2.05. The van der Waals surface area contributed by atoms with Crippen LogP contribution >= 0.6 is 15.9 Å². The van der Waals surface area contributed by atoms with Gasteiger partial charge in [-0.25, -0.2) is 18.7 Å². The van der Waals surface area contributed by atoms with Crippen LogP contribution in [0.2, 0.25) is 0 Å². The minimum absolute atomic E-state index is 0.0197. The number of nitrogens with one attached hydrogen (secondary N) is 2. The summed E-state index contributed by atoms with van der Waals surface area (Å²) in [5.74, 6) is 0.435. The van der Waals surface area contributed by atoms with Crippen LogP contribution in [0, 0.1) is 18.6 Å². The zero-order chi connectivity index (χ0) is 14.7. The number of rotatable bonds is 4. The Labute approximate surface area is 123 Å². The predicted octanol–water partition coefficient (Wildman–Crippen LogP) is 4.00. The molecule has 1 aromatic heterocycles.